The fourth-order valence-corrected chi connectivity index (χ4v) is 4.39. The highest BCUT2D eigenvalue weighted by molar-refractivity contribution is 8.00. The van der Waals surface area contributed by atoms with Gasteiger partial charge in [0.05, 0.1) is 0 Å². The Morgan fingerprint density at radius 2 is 1.93 bits per heavy atom. The van der Waals surface area contributed by atoms with Gasteiger partial charge >= 0.3 is 0 Å². The SMILES string of the molecule is CCCn1ccnc1SC(C(=O)c1c[nH]c2ccccc12)c1ccccc1. The molecule has 0 fully saturated rings. The summed E-state index contributed by atoms with van der Waals surface area (Å²) >= 11 is 1.52. The van der Waals surface area contributed by atoms with Gasteiger partial charge in [0.1, 0.15) is 5.25 Å². The Balaban J connectivity index is 1.74. The number of fused-ring (bicyclic) bond motifs is 1. The molecule has 136 valence electrons. The molecule has 2 heterocycles. The van der Waals surface area contributed by atoms with Gasteiger partial charge in [-0.05, 0) is 18.1 Å². The number of Topliss-reactive ketones (excluding diaryl/α,β-unsaturated/α-hetero) is 1. The number of para-hydroxylation sites is 1. The van der Waals surface area contributed by atoms with E-state index in [-0.39, 0.29) is 11.0 Å². The van der Waals surface area contributed by atoms with E-state index < -0.39 is 0 Å². The number of carbonyl (C=O) groups is 1. The predicted octanol–water partition coefficient (Wildman–Crippen LogP) is 5.49. The van der Waals surface area contributed by atoms with Gasteiger partial charge < -0.3 is 9.55 Å². The molecule has 5 heteroatoms. The first-order valence-electron chi connectivity index (χ1n) is 9.11. The minimum Gasteiger partial charge on any atom is -0.360 e. The lowest BCUT2D eigenvalue weighted by atomic mass is 10.0. The average molecular weight is 375 g/mol. The highest BCUT2D eigenvalue weighted by Gasteiger charge is 2.27. The number of nitrogens with zero attached hydrogens (tertiary/aromatic N) is 2. The zero-order chi connectivity index (χ0) is 18.6. The standard InChI is InChI=1S/C22H21N3OS/c1-2-13-25-14-12-23-22(25)27-21(16-8-4-3-5-9-16)20(26)18-15-24-19-11-7-6-10-17(18)19/h3-12,14-15,21,24H,2,13H2,1H3. The molecule has 4 rings (SSSR count). The highest BCUT2D eigenvalue weighted by atomic mass is 32.2. The van der Waals surface area contributed by atoms with E-state index in [1.54, 1.807) is 6.20 Å². The molecule has 0 aliphatic carbocycles. The minimum absolute atomic E-state index is 0.0923. The number of aryl methyl sites for hydroxylation is 1. The Labute approximate surface area is 162 Å². The molecule has 0 spiro atoms. The van der Waals surface area contributed by atoms with Crippen molar-refractivity contribution >= 4 is 28.4 Å². The fraction of sp³-hybridized carbons (Fsp3) is 0.182. The van der Waals surface area contributed by atoms with E-state index in [0.717, 1.165) is 40.2 Å². The zero-order valence-corrected chi connectivity index (χ0v) is 15.9. The summed E-state index contributed by atoms with van der Waals surface area (Å²) in [5.74, 6) is 0.0923. The topological polar surface area (TPSA) is 50.7 Å². The average Bonchev–Trinajstić information content (AvgIpc) is 3.33. The van der Waals surface area contributed by atoms with Crippen LogP contribution in [0, 0.1) is 0 Å². The monoisotopic (exact) mass is 375 g/mol. The molecule has 0 aliphatic rings. The third kappa shape index (κ3) is 3.55. The van der Waals surface area contributed by atoms with Crippen LogP contribution in [0.5, 0.6) is 0 Å². The van der Waals surface area contributed by atoms with E-state index >= 15 is 0 Å². The summed E-state index contributed by atoms with van der Waals surface area (Å²) in [6.45, 7) is 3.03. The molecule has 0 saturated carbocycles. The number of benzene rings is 2. The number of rotatable bonds is 7. The molecule has 0 bridgehead atoms. The van der Waals surface area contributed by atoms with E-state index in [2.05, 4.69) is 21.5 Å². The molecule has 0 amide bonds. The predicted molar refractivity (Wildman–Crippen MR) is 110 cm³/mol. The van der Waals surface area contributed by atoms with Crippen LogP contribution in [0.15, 0.2) is 78.3 Å². The van der Waals surface area contributed by atoms with Crippen molar-refractivity contribution in [3.05, 3.63) is 84.3 Å². The van der Waals surface area contributed by atoms with Crippen LogP contribution < -0.4 is 0 Å². The first-order valence-corrected chi connectivity index (χ1v) is 9.99. The summed E-state index contributed by atoms with van der Waals surface area (Å²) in [5.41, 5.74) is 2.69. The summed E-state index contributed by atoms with van der Waals surface area (Å²) in [6.07, 6.45) is 6.62. The molecule has 0 radical (unpaired) electrons. The lowest BCUT2D eigenvalue weighted by Crippen LogP contribution is -2.11. The summed E-state index contributed by atoms with van der Waals surface area (Å²) in [7, 11) is 0. The lowest BCUT2D eigenvalue weighted by molar-refractivity contribution is 0.0991. The van der Waals surface area contributed by atoms with Crippen LogP contribution >= 0.6 is 11.8 Å². The van der Waals surface area contributed by atoms with Crippen molar-refractivity contribution < 1.29 is 4.79 Å². The van der Waals surface area contributed by atoms with Gasteiger partial charge in [0.25, 0.3) is 0 Å². The van der Waals surface area contributed by atoms with Crippen molar-refractivity contribution in [2.45, 2.75) is 30.3 Å². The van der Waals surface area contributed by atoms with Crippen molar-refractivity contribution in [3.8, 4) is 0 Å². The Bertz CT molecular complexity index is 1050. The van der Waals surface area contributed by atoms with Crippen molar-refractivity contribution in [1.29, 1.82) is 0 Å². The molecule has 1 unspecified atom stereocenters. The first-order chi connectivity index (χ1) is 13.3. The number of carbonyl (C=O) groups excluding carboxylic acids is 1. The fourth-order valence-electron chi connectivity index (χ4n) is 3.25. The largest absolute Gasteiger partial charge is 0.360 e. The molecule has 2 aromatic carbocycles. The molecule has 27 heavy (non-hydrogen) atoms. The number of nitrogens with one attached hydrogen (secondary N) is 1. The second kappa shape index (κ2) is 7.84. The number of aromatic amines is 1. The van der Waals surface area contributed by atoms with Crippen molar-refractivity contribution in [2.75, 3.05) is 0 Å². The number of ketones is 1. The van der Waals surface area contributed by atoms with Gasteiger partial charge in [0.2, 0.25) is 0 Å². The summed E-state index contributed by atoms with van der Waals surface area (Å²) < 4.78 is 2.11. The molecular weight excluding hydrogens is 354 g/mol. The minimum atomic E-state index is -0.344. The van der Waals surface area contributed by atoms with Crippen LogP contribution in [-0.4, -0.2) is 20.3 Å². The van der Waals surface area contributed by atoms with Gasteiger partial charge in [-0.15, -0.1) is 0 Å². The molecule has 2 aromatic heterocycles. The zero-order valence-electron chi connectivity index (χ0n) is 15.1. The van der Waals surface area contributed by atoms with E-state index in [1.165, 1.54) is 11.8 Å². The normalized spacial score (nSPS) is 12.3. The first kappa shape index (κ1) is 17.6. The molecule has 1 N–H and O–H groups in total. The third-order valence-electron chi connectivity index (χ3n) is 4.56. The van der Waals surface area contributed by atoms with E-state index in [9.17, 15) is 4.79 Å². The molecular formula is C22H21N3OS. The number of thioether (sulfide) groups is 1. The van der Waals surface area contributed by atoms with Crippen LogP contribution in [-0.2, 0) is 6.54 Å². The van der Waals surface area contributed by atoms with Crippen LogP contribution in [0.2, 0.25) is 0 Å². The van der Waals surface area contributed by atoms with E-state index in [0.29, 0.717) is 0 Å². The van der Waals surface area contributed by atoms with Gasteiger partial charge in [-0.1, -0.05) is 67.2 Å². The van der Waals surface area contributed by atoms with Crippen molar-refractivity contribution in [1.82, 2.24) is 14.5 Å². The van der Waals surface area contributed by atoms with Gasteiger partial charge in [-0.2, -0.15) is 0 Å². The van der Waals surface area contributed by atoms with Crippen LogP contribution in [0.1, 0.15) is 34.5 Å². The number of aromatic nitrogens is 3. The quantitative estimate of drug-likeness (QED) is 0.343. The van der Waals surface area contributed by atoms with Crippen LogP contribution in [0.25, 0.3) is 10.9 Å². The van der Waals surface area contributed by atoms with Gasteiger partial charge in [0, 0.05) is 41.6 Å². The van der Waals surface area contributed by atoms with E-state index in [4.69, 9.17) is 0 Å². The summed E-state index contributed by atoms with van der Waals surface area (Å²) in [4.78, 5) is 21.2. The maximum Gasteiger partial charge on any atom is 0.182 e. The smallest absolute Gasteiger partial charge is 0.182 e. The molecule has 4 nitrogen and oxygen atoms in total. The van der Waals surface area contributed by atoms with Crippen molar-refractivity contribution in [3.63, 3.8) is 0 Å². The molecule has 4 aromatic rings. The number of hydrogen-bond donors (Lipinski definition) is 1. The Morgan fingerprint density at radius 1 is 1.15 bits per heavy atom. The second-order valence-corrected chi connectivity index (χ2v) is 7.50. The third-order valence-corrected chi connectivity index (χ3v) is 5.83. The van der Waals surface area contributed by atoms with Gasteiger partial charge in [-0.25, -0.2) is 4.98 Å². The summed E-state index contributed by atoms with van der Waals surface area (Å²) in [5, 5.41) is 1.49. The maximum atomic E-state index is 13.5. The Morgan fingerprint density at radius 3 is 2.74 bits per heavy atom. The number of imidazole rings is 1. The maximum absolute atomic E-state index is 13.5. The Hall–Kier alpha value is -2.79. The van der Waals surface area contributed by atoms with Gasteiger partial charge in [0.15, 0.2) is 10.9 Å². The molecule has 0 aliphatic heterocycles. The molecule has 0 saturated heterocycles. The van der Waals surface area contributed by atoms with Crippen molar-refractivity contribution in [2.24, 2.45) is 0 Å². The van der Waals surface area contributed by atoms with E-state index in [1.807, 2.05) is 67.0 Å². The van der Waals surface area contributed by atoms with Gasteiger partial charge in [-0.3, -0.25) is 4.79 Å². The highest BCUT2D eigenvalue weighted by Crippen LogP contribution is 2.38. The number of H-pyrrole nitrogens is 1. The Kier molecular flexibility index (Phi) is 5.12. The van der Waals surface area contributed by atoms with Crippen LogP contribution in [0.4, 0.5) is 0 Å². The van der Waals surface area contributed by atoms with Crippen LogP contribution in [0.3, 0.4) is 0 Å². The molecule has 1 atom stereocenters. The second-order valence-electron chi connectivity index (χ2n) is 6.42. The lowest BCUT2D eigenvalue weighted by Gasteiger charge is -2.16. The summed E-state index contributed by atoms with van der Waals surface area (Å²) in [6, 6.07) is 17.9. The number of hydrogen-bond acceptors (Lipinski definition) is 3.